The van der Waals surface area contributed by atoms with Crippen LogP contribution in [0.3, 0.4) is 0 Å². The molecule has 0 amide bonds. The Morgan fingerprint density at radius 2 is 1.55 bits per heavy atom. The normalized spacial score (nSPS) is 26.1. The SMILES string of the molecule is CN(C1CCCCC1)C1CNC(C)(CC(c2ccccc2)c2ccccc2)NO1. The van der Waals surface area contributed by atoms with E-state index in [1.54, 1.807) is 0 Å². The summed E-state index contributed by atoms with van der Waals surface area (Å²) >= 11 is 0. The molecule has 0 radical (unpaired) electrons. The van der Waals surface area contributed by atoms with Crippen LogP contribution in [-0.4, -0.2) is 36.4 Å². The van der Waals surface area contributed by atoms with Gasteiger partial charge < -0.3 is 0 Å². The lowest BCUT2D eigenvalue weighted by Gasteiger charge is -2.45. The molecule has 1 heterocycles. The molecule has 2 unspecified atom stereocenters. The molecule has 0 aromatic heterocycles. The van der Waals surface area contributed by atoms with Gasteiger partial charge in [-0.15, -0.1) is 0 Å². The zero-order valence-electron chi connectivity index (χ0n) is 17.8. The molecule has 1 saturated carbocycles. The number of likely N-dealkylation sites (N-methyl/N-ethyl adjacent to an activating group) is 1. The van der Waals surface area contributed by atoms with Gasteiger partial charge in [0.2, 0.25) is 0 Å². The van der Waals surface area contributed by atoms with Gasteiger partial charge >= 0.3 is 0 Å². The molecule has 1 aliphatic carbocycles. The number of rotatable bonds is 6. The van der Waals surface area contributed by atoms with Gasteiger partial charge in [-0.3, -0.25) is 15.1 Å². The number of nitrogens with zero attached hydrogens (tertiary/aromatic N) is 1. The summed E-state index contributed by atoms with van der Waals surface area (Å²) < 4.78 is 0. The highest BCUT2D eigenvalue weighted by molar-refractivity contribution is 5.33. The Morgan fingerprint density at radius 1 is 0.966 bits per heavy atom. The number of nitrogens with one attached hydrogen (secondary N) is 2. The largest absolute Gasteiger partial charge is 0.294 e. The quantitative estimate of drug-likeness (QED) is 0.750. The van der Waals surface area contributed by atoms with Crippen LogP contribution in [0.5, 0.6) is 0 Å². The van der Waals surface area contributed by atoms with Crippen molar-refractivity contribution < 1.29 is 4.84 Å². The van der Waals surface area contributed by atoms with E-state index in [1.807, 2.05) is 0 Å². The average molecular weight is 394 g/mol. The Hall–Kier alpha value is -1.72. The van der Waals surface area contributed by atoms with Gasteiger partial charge in [0.15, 0.2) is 0 Å². The fourth-order valence-corrected chi connectivity index (χ4v) is 4.86. The van der Waals surface area contributed by atoms with Crippen LogP contribution in [0.25, 0.3) is 0 Å². The smallest absolute Gasteiger partial charge is 0.144 e. The van der Waals surface area contributed by atoms with Crippen molar-refractivity contribution in [3.8, 4) is 0 Å². The van der Waals surface area contributed by atoms with Gasteiger partial charge in [0.25, 0.3) is 0 Å². The number of hydrogen-bond donors (Lipinski definition) is 2. The van der Waals surface area contributed by atoms with Crippen molar-refractivity contribution in [1.82, 2.24) is 15.7 Å². The zero-order valence-corrected chi connectivity index (χ0v) is 17.8. The van der Waals surface area contributed by atoms with Gasteiger partial charge in [-0.25, -0.2) is 0 Å². The Labute approximate surface area is 175 Å². The first-order chi connectivity index (χ1) is 14.1. The van der Waals surface area contributed by atoms with Crippen LogP contribution in [0, 0.1) is 0 Å². The van der Waals surface area contributed by atoms with Gasteiger partial charge in [-0.05, 0) is 44.4 Å². The maximum Gasteiger partial charge on any atom is 0.144 e. The van der Waals surface area contributed by atoms with E-state index in [0.717, 1.165) is 13.0 Å². The summed E-state index contributed by atoms with van der Waals surface area (Å²) in [6.45, 7) is 3.05. The molecule has 2 aromatic carbocycles. The Kier molecular flexibility index (Phi) is 6.66. The van der Waals surface area contributed by atoms with Gasteiger partial charge in [-0.1, -0.05) is 79.9 Å². The second kappa shape index (κ2) is 9.40. The Morgan fingerprint density at radius 3 is 2.07 bits per heavy atom. The highest BCUT2D eigenvalue weighted by Gasteiger charge is 2.37. The van der Waals surface area contributed by atoms with Gasteiger partial charge in [0, 0.05) is 18.5 Å². The Balaban J connectivity index is 1.43. The minimum absolute atomic E-state index is 0.0816. The summed E-state index contributed by atoms with van der Waals surface area (Å²) in [5.41, 5.74) is 5.78. The van der Waals surface area contributed by atoms with E-state index >= 15 is 0 Å². The molecule has 2 N–H and O–H groups in total. The van der Waals surface area contributed by atoms with Crippen LogP contribution in [0.4, 0.5) is 0 Å². The van der Waals surface area contributed by atoms with E-state index in [0.29, 0.717) is 12.0 Å². The highest BCUT2D eigenvalue weighted by Crippen LogP contribution is 2.33. The first-order valence-electron chi connectivity index (χ1n) is 11.1. The van der Waals surface area contributed by atoms with Crippen molar-refractivity contribution in [2.24, 2.45) is 0 Å². The fourth-order valence-electron chi connectivity index (χ4n) is 4.86. The minimum Gasteiger partial charge on any atom is -0.294 e. The van der Waals surface area contributed by atoms with Gasteiger partial charge in [-0.2, -0.15) is 5.48 Å². The number of benzene rings is 2. The predicted octanol–water partition coefficient (Wildman–Crippen LogP) is 4.64. The molecular weight excluding hydrogens is 358 g/mol. The molecule has 1 aliphatic heterocycles. The van der Waals surface area contributed by atoms with Crippen molar-refractivity contribution in [1.29, 1.82) is 0 Å². The van der Waals surface area contributed by atoms with E-state index in [9.17, 15) is 0 Å². The molecule has 2 atom stereocenters. The average Bonchev–Trinajstić information content (AvgIpc) is 2.79. The van der Waals surface area contributed by atoms with E-state index in [4.69, 9.17) is 4.84 Å². The van der Waals surface area contributed by atoms with Crippen molar-refractivity contribution >= 4 is 0 Å². The van der Waals surface area contributed by atoms with Crippen LogP contribution >= 0.6 is 0 Å². The van der Waals surface area contributed by atoms with Gasteiger partial charge in [0.05, 0.1) is 5.66 Å². The Bertz CT molecular complexity index is 698. The standard InChI is InChI=1S/C25H35N3O/c1-25(26-19-24(29-27-25)28(2)22-16-10-5-11-17-22)18-23(20-12-6-3-7-13-20)21-14-8-4-9-15-21/h3-4,6-9,12-15,22-24,26-27H,5,10-11,16-19H2,1-2H3. The van der Waals surface area contributed by atoms with Crippen molar-refractivity contribution in [2.75, 3.05) is 13.6 Å². The second-order valence-electron chi connectivity index (χ2n) is 8.92. The summed E-state index contributed by atoms with van der Waals surface area (Å²) in [5, 5.41) is 3.76. The molecule has 2 aromatic rings. The van der Waals surface area contributed by atoms with Crippen LogP contribution in [0.2, 0.25) is 0 Å². The predicted molar refractivity (Wildman–Crippen MR) is 118 cm³/mol. The van der Waals surface area contributed by atoms with Gasteiger partial charge in [0.1, 0.15) is 6.23 Å². The summed E-state index contributed by atoms with van der Waals surface area (Å²) in [4.78, 5) is 8.62. The first kappa shape index (κ1) is 20.5. The van der Waals surface area contributed by atoms with Crippen LogP contribution in [0.1, 0.15) is 62.5 Å². The summed E-state index contributed by atoms with van der Waals surface area (Å²) in [7, 11) is 2.21. The molecule has 4 nitrogen and oxygen atoms in total. The third kappa shape index (κ3) is 5.07. The molecule has 4 heteroatoms. The lowest BCUT2D eigenvalue weighted by atomic mass is 9.84. The molecular formula is C25H35N3O. The fraction of sp³-hybridized carbons (Fsp3) is 0.520. The van der Waals surface area contributed by atoms with Crippen molar-refractivity contribution in [3.63, 3.8) is 0 Å². The van der Waals surface area contributed by atoms with Crippen LogP contribution in [0.15, 0.2) is 60.7 Å². The van der Waals surface area contributed by atoms with Crippen LogP contribution in [-0.2, 0) is 4.84 Å². The van der Waals surface area contributed by atoms with E-state index in [-0.39, 0.29) is 11.9 Å². The monoisotopic (exact) mass is 393 g/mol. The topological polar surface area (TPSA) is 36.5 Å². The third-order valence-corrected chi connectivity index (χ3v) is 6.71. The molecule has 1 saturated heterocycles. The molecule has 4 rings (SSSR count). The van der Waals surface area contributed by atoms with E-state index in [2.05, 4.69) is 90.3 Å². The number of hydrogen-bond acceptors (Lipinski definition) is 4. The van der Waals surface area contributed by atoms with E-state index < -0.39 is 0 Å². The molecule has 156 valence electrons. The lowest BCUT2D eigenvalue weighted by molar-refractivity contribution is -0.180. The maximum absolute atomic E-state index is 6.19. The lowest BCUT2D eigenvalue weighted by Crippen LogP contribution is -2.66. The molecule has 2 aliphatic rings. The van der Waals surface area contributed by atoms with Crippen LogP contribution < -0.4 is 10.8 Å². The molecule has 0 spiro atoms. The molecule has 29 heavy (non-hydrogen) atoms. The minimum atomic E-state index is -0.278. The molecule has 2 fully saturated rings. The number of hydroxylamine groups is 1. The second-order valence-corrected chi connectivity index (χ2v) is 8.92. The highest BCUT2D eigenvalue weighted by atomic mass is 16.7. The van der Waals surface area contributed by atoms with Crippen molar-refractivity contribution in [3.05, 3.63) is 71.8 Å². The van der Waals surface area contributed by atoms with E-state index in [1.165, 1.54) is 43.2 Å². The summed E-state index contributed by atoms with van der Waals surface area (Å²) in [6.07, 6.45) is 7.64. The third-order valence-electron chi connectivity index (χ3n) is 6.71. The summed E-state index contributed by atoms with van der Waals surface area (Å²) in [5.74, 6) is 0.304. The summed E-state index contributed by atoms with van der Waals surface area (Å²) in [6, 6.07) is 22.2. The first-order valence-corrected chi connectivity index (χ1v) is 11.1. The zero-order chi connectivity index (χ0) is 20.1. The molecule has 0 bridgehead atoms. The maximum atomic E-state index is 6.19. The van der Waals surface area contributed by atoms with Crippen molar-refractivity contribution in [2.45, 2.75) is 69.3 Å².